The third-order valence-corrected chi connectivity index (χ3v) is 11.4. The van der Waals surface area contributed by atoms with Gasteiger partial charge in [-0.05, 0) is 67.5 Å². The molecule has 0 bridgehead atoms. The fourth-order valence-corrected chi connectivity index (χ4v) is 8.63. The molecule has 11 heteroatoms. The molecule has 0 radical (unpaired) electrons. The molecule has 2 saturated heterocycles. The van der Waals surface area contributed by atoms with E-state index in [2.05, 4.69) is 53.3 Å². The number of H-pyrrole nitrogens is 1. The predicted octanol–water partition coefficient (Wildman–Crippen LogP) is 4.24. The van der Waals surface area contributed by atoms with Crippen molar-refractivity contribution in [2.24, 2.45) is 10.9 Å². The number of benzene rings is 2. The predicted molar refractivity (Wildman–Crippen MR) is 192 cm³/mol. The molecule has 1 amide bonds. The first-order valence-electron chi connectivity index (χ1n) is 17.4. The SMILES string of the molecule is CCC(CC)C1=NC(C(=O)N2CCOC3(CCN(Cc4cccc(CCNC[C@H](O)c5ccc(O)c6[nH]c(=O)ccc56)c4)CC3)C2)CS1. The molecule has 0 aliphatic carbocycles. The van der Waals surface area contributed by atoms with Crippen LogP contribution in [0.3, 0.4) is 0 Å². The maximum atomic E-state index is 13.5. The molecule has 4 heterocycles. The van der Waals surface area contributed by atoms with E-state index in [1.165, 1.54) is 23.3 Å². The first-order chi connectivity index (χ1) is 23.3. The average Bonchev–Trinajstić information content (AvgIpc) is 3.59. The number of aromatic nitrogens is 1. The van der Waals surface area contributed by atoms with Gasteiger partial charge in [0.15, 0.2) is 0 Å². The Morgan fingerprint density at radius 3 is 2.71 bits per heavy atom. The molecular weight excluding hydrogens is 627 g/mol. The number of phenolic OH excluding ortho intramolecular Hbond substituents is 1. The van der Waals surface area contributed by atoms with Crippen molar-refractivity contribution in [1.82, 2.24) is 20.1 Å². The zero-order chi connectivity index (χ0) is 33.7. The van der Waals surface area contributed by atoms with Crippen molar-refractivity contribution in [2.45, 2.75) is 70.2 Å². The molecule has 3 aliphatic heterocycles. The third kappa shape index (κ3) is 7.97. The van der Waals surface area contributed by atoms with E-state index in [0.29, 0.717) is 55.2 Å². The second-order valence-electron chi connectivity index (χ2n) is 13.5. The summed E-state index contributed by atoms with van der Waals surface area (Å²) in [6.45, 7) is 10.1. The van der Waals surface area contributed by atoms with Crippen molar-refractivity contribution >= 4 is 33.6 Å². The fraction of sp³-hybridized carbons (Fsp3) is 0.541. The molecule has 2 aromatic carbocycles. The number of carbonyl (C=O) groups is 1. The van der Waals surface area contributed by atoms with Crippen LogP contribution in [-0.2, 0) is 22.5 Å². The highest BCUT2D eigenvalue weighted by molar-refractivity contribution is 8.14. The molecule has 6 rings (SSSR count). The molecule has 2 fully saturated rings. The van der Waals surface area contributed by atoms with Crippen LogP contribution in [0.5, 0.6) is 5.75 Å². The van der Waals surface area contributed by atoms with Crippen molar-refractivity contribution in [3.05, 3.63) is 75.6 Å². The summed E-state index contributed by atoms with van der Waals surface area (Å²) in [6, 6.07) is 14.7. The standard InChI is InChI=1S/C37H49N5O5S/c1-3-27(4-2)35-39-30(23-48-35)36(46)42-18-19-47-37(24-42)13-16-41(17-14-37)22-26-7-5-6-25(20-26)12-15-38-21-32(44)28-8-10-31(43)34-29(28)9-11-33(45)40-34/h5-11,20,27,30,32,38,43-44H,3-4,12-19,21-24H2,1-2H3,(H,40,45)/t30?,32-/m0/s1. The Bertz CT molecular complexity index is 1670. The summed E-state index contributed by atoms with van der Waals surface area (Å²) in [5.74, 6) is 1.39. The summed E-state index contributed by atoms with van der Waals surface area (Å²) in [5.41, 5.74) is 2.94. The molecule has 3 aliphatic rings. The summed E-state index contributed by atoms with van der Waals surface area (Å²) in [6.07, 6.45) is 4.01. The zero-order valence-corrected chi connectivity index (χ0v) is 28.9. The monoisotopic (exact) mass is 675 g/mol. The van der Waals surface area contributed by atoms with Gasteiger partial charge >= 0.3 is 0 Å². The van der Waals surface area contributed by atoms with Gasteiger partial charge in [-0.15, -0.1) is 11.8 Å². The summed E-state index contributed by atoms with van der Waals surface area (Å²) in [7, 11) is 0. The molecule has 1 aromatic heterocycles. The molecule has 48 heavy (non-hydrogen) atoms. The number of aliphatic hydroxyl groups is 1. The lowest BCUT2D eigenvalue weighted by molar-refractivity contribution is -0.160. The Hall–Kier alpha value is -3.22. The number of aliphatic imine (C=N–C) groups is 1. The van der Waals surface area contributed by atoms with Crippen LogP contribution < -0.4 is 10.9 Å². The van der Waals surface area contributed by atoms with Crippen molar-refractivity contribution in [2.75, 3.05) is 51.6 Å². The Morgan fingerprint density at radius 1 is 1.12 bits per heavy atom. The quantitative estimate of drug-likeness (QED) is 0.210. The maximum Gasteiger partial charge on any atom is 0.248 e. The van der Waals surface area contributed by atoms with Crippen molar-refractivity contribution in [3.8, 4) is 5.75 Å². The second-order valence-corrected chi connectivity index (χ2v) is 14.5. The number of amides is 1. The minimum atomic E-state index is -0.784. The number of fused-ring (bicyclic) bond motifs is 1. The largest absolute Gasteiger partial charge is 0.506 e. The highest BCUT2D eigenvalue weighted by Gasteiger charge is 2.42. The maximum absolute atomic E-state index is 13.5. The average molecular weight is 676 g/mol. The van der Waals surface area contributed by atoms with E-state index in [1.807, 2.05) is 4.90 Å². The summed E-state index contributed by atoms with van der Waals surface area (Å²) < 4.78 is 6.38. The number of pyridine rings is 1. The van der Waals surface area contributed by atoms with E-state index in [1.54, 1.807) is 23.9 Å². The topological polar surface area (TPSA) is 130 Å². The molecule has 3 aromatic rings. The van der Waals surface area contributed by atoms with Gasteiger partial charge in [-0.3, -0.25) is 19.5 Å². The number of carbonyl (C=O) groups excluding carboxylic acids is 1. The van der Waals surface area contributed by atoms with Gasteiger partial charge in [0.05, 0.1) is 28.9 Å². The van der Waals surface area contributed by atoms with Gasteiger partial charge in [-0.25, -0.2) is 0 Å². The number of hydrogen-bond acceptors (Lipinski definition) is 9. The van der Waals surface area contributed by atoms with Crippen molar-refractivity contribution < 1.29 is 19.7 Å². The fourth-order valence-electron chi connectivity index (χ4n) is 7.32. The van der Waals surface area contributed by atoms with Crippen LogP contribution in [-0.4, -0.2) is 99.2 Å². The zero-order valence-electron chi connectivity index (χ0n) is 28.1. The lowest BCUT2D eigenvalue weighted by atomic mass is 9.89. The number of nitrogens with one attached hydrogen (secondary N) is 2. The normalized spacial score (nSPS) is 20.5. The Kier molecular flexibility index (Phi) is 11.2. The molecule has 4 N–H and O–H groups in total. The number of likely N-dealkylation sites (tertiary alicyclic amines) is 1. The van der Waals surface area contributed by atoms with Crippen molar-refractivity contribution in [1.29, 1.82) is 0 Å². The third-order valence-electron chi connectivity index (χ3n) is 10.2. The highest BCUT2D eigenvalue weighted by atomic mass is 32.2. The number of ether oxygens (including phenoxy) is 1. The number of aromatic hydroxyl groups is 1. The summed E-state index contributed by atoms with van der Waals surface area (Å²) in [5, 5.41) is 26.1. The van der Waals surface area contributed by atoms with Crippen LogP contribution in [0, 0.1) is 5.92 Å². The number of aromatic amines is 1. The van der Waals surface area contributed by atoms with Crippen molar-refractivity contribution in [3.63, 3.8) is 0 Å². The van der Waals surface area contributed by atoms with E-state index in [-0.39, 0.29) is 28.9 Å². The van der Waals surface area contributed by atoms with Crippen LogP contribution in [0.4, 0.5) is 0 Å². The Morgan fingerprint density at radius 2 is 1.92 bits per heavy atom. The van der Waals surface area contributed by atoms with Gasteiger partial charge in [0.2, 0.25) is 11.5 Å². The van der Waals surface area contributed by atoms with Gasteiger partial charge in [-0.1, -0.05) is 44.2 Å². The Labute approximate surface area is 287 Å². The number of phenols is 1. The summed E-state index contributed by atoms with van der Waals surface area (Å²) in [4.78, 5) is 37.2. The van der Waals surface area contributed by atoms with Gasteiger partial charge in [0.1, 0.15) is 11.8 Å². The number of morpholine rings is 1. The molecule has 2 atom stereocenters. The lowest BCUT2D eigenvalue weighted by Crippen LogP contribution is -2.59. The van der Waals surface area contributed by atoms with Crippen LogP contribution >= 0.6 is 11.8 Å². The van der Waals surface area contributed by atoms with E-state index in [9.17, 15) is 19.8 Å². The van der Waals surface area contributed by atoms with Gasteiger partial charge < -0.3 is 30.2 Å². The molecule has 0 saturated carbocycles. The lowest BCUT2D eigenvalue weighted by Gasteiger charge is -2.47. The molecule has 1 spiro atoms. The van der Waals surface area contributed by atoms with Crippen LogP contribution in [0.15, 0.2) is 58.3 Å². The van der Waals surface area contributed by atoms with Gasteiger partial charge in [-0.2, -0.15) is 0 Å². The number of thioether (sulfide) groups is 1. The number of aliphatic hydroxyl groups excluding tert-OH is 1. The second kappa shape index (κ2) is 15.6. The van der Waals surface area contributed by atoms with E-state index < -0.39 is 6.10 Å². The smallest absolute Gasteiger partial charge is 0.248 e. The van der Waals surface area contributed by atoms with Gasteiger partial charge in [0.25, 0.3) is 0 Å². The number of piperidine rings is 1. The van der Waals surface area contributed by atoms with Crippen LogP contribution in [0.2, 0.25) is 0 Å². The van der Waals surface area contributed by atoms with E-state index in [4.69, 9.17) is 9.73 Å². The van der Waals surface area contributed by atoms with E-state index in [0.717, 1.165) is 62.5 Å². The summed E-state index contributed by atoms with van der Waals surface area (Å²) >= 11 is 1.77. The van der Waals surface area contributed by atoms with Crippen LogP contribution in [0.1, 0.15) is 62.3 Å². The highest BCUT2D eigenvalue weighted by Crippen LogP contribution is 2.33. The first kappa shape index (κ1) is 34.6. The van der Waals surface area contributed by atoms with Gasteiger partial charge in [0, 0.05) is 62.4 Å². The number of nitrogens with zero attached hydrogens (tertiary/aromatic N) is 3. The number of hydrogen-bond donors (Lipinski definition) is 4. The first-order valence-corrected chi connectivity index (χ1v) is 18.4. The van der Waals surface area contributed by atoms with E-state index >= 15 is 0 Å². The van der Waals surface area contributed by atoms with Crippen LogP contribution in [0.25, 0.3) is 10.9 Å². The molecule has 258 valence electrons. The molecule has 1 unspecified atom stereocenters. The Balaban J connectivity index is 0.960. The molecular formula is C37H49N5O5S. The minimum absolute atomic E-state index is 0.0173. The minimum Gasteiger partial charge on any atom is -0.506 e. The number of rotatable bonds is 12. The molecule has 10 nitrogen and oxygen atoms in total.